The van der Waals surface area contributed by atoms with E-state index in [1.807, 2.05) is 70.1 Å². The number of carbonyl (C=O) groups is 2. The fourth-order valence-electron chi connectivity index (χ4n) is 4.10. The molecule has 2 amide bonds. The van der Waals surface area contributed by atoms with Crippen LogP contribution in [0.15, 0.2) is 48.7 Å². The summed E-state index contributed by atoms with van der Waals surface area (Å²) in [6.07, 6.45) is 7.94. The van der Waals surface area contributed by atoms with Crippen molar-refractivity contribution in [1.29, 1.82) is 0 Å². The molecule has 1 aliphatic rings. The summed E-state index contributed by atoms with van der Waals surface area (Å²) in [7, 11) is 2.00. The summed E-state index contributed by atoms with van der Waals surface area (Å²) < 4.78 is 2.05. The van der Waals surface area contributed by atoms with Crippen LogP contribution in [0.5, 0.6) is 0 Å². The first-order chi connectivity index (χ1) is 15.0. The molecule has 31 heavy (non-hydrogen) atoms. The van der Waals surface area contributed by atoms with Gasteiger partial charge < -0.3 is 14.4 Å². The average molecular weight is 424 g/mol. The lowest BCUT2D eigenvalue weighted by Crippen LogP contribution is -2.45. The van der Waals surface area contributed by atoms with Crippen molar-refractivity contribution in [3.05, 3.63) is 59.9 Å². The van der Waals surface area contributed by atoms with Gasteiger partial charge in [0, 0.05) is 37.4 Å². The van der Waals surface area contributed by atoms with Crippen molar-refractivity contribution < 1.29 is 9.59 Å². The highest BCUT2D eigenvalue weighted by Crippen LogP contribution is 2.30. The van der Waals surface area contributed by atoms with E-state index in [1.54, 1.807) is 0 Å². The fourth-order valence-corrected chi connectivity index (χ4v) is 4.10. The van der Waals surface area contributed by atoms with E-state index < -0.39 is 0 Å². The van der Waals surface area contributed by atoms with Gasteiger partial charge in [-0.1, -0.05) is 57.0 Å². The number of hydrogen-bond acceptors (Lipinski definition) is 2. The van der Waals surface area contributed by atoms with E-state index in [9.17, 15) is 9.59 Å². The average Bonchev–Trinajstić information content (AvgIpc) is 3.54. The Morgan fingerprint density at radius 1 is 1.06 bits per heavy atom. The zero-order chi connectivity index (χ0) is 22.2. The molecule has 2 aromatic rings. The molecule has 5 heteroatoms. The number of aryl methyl sites for hydroxylation is 1. The van der Waals surface area contributed by atoms with Crippen LogP contribution in [0.3, 0.4) is 0 Å². The number of amides is 2. The Labute approximate surface area is 187 Å². The van der Waals surface area contributed by atoms with E-state index >= 15 is 0 Å². The number of rotatable bonds is 12. The van der Waals surface area contributed by atoms with Gasteiger partial charge in [0.2, 0.25) is 11.8 Å². The third-order valence-corrected chi connectivity index (χ3v) is 6.30. The first-order valence-electron chi connectivity index (χ1n) is 11.8. The largest absolute Gasteiger partial charge is 0.353 e. The van der Waals surface area contributed by atoms with Crippen LogP contribution in [0.1, 0.15) is 63.6 Å². The maximum atomic E-state index is 13.5. The number of aromatic nitrogens is 1. The molecule has 1 aromatic heterocycles. The topological polar surface area (TPSA) is 45.6 Å². The van der Waals surface area contributed by atoms with E-state index in [0.29, 0.717) is 13.1 Å². The Balaban J connectivity index is 1.75. The van der Waals surface area contributed by atoms with Crippen LogP contribution in [-0.4, -0.2) is 38.8 Å². The molecule has 0 unspecified atom stereocenters. The predicted octanol–water partition coefficient (Wildman–Crippen LogP) is 4.76. The highest BCUT2D eigenvalue weighted by atomic mass is 16.2. The van der Waals surface area contributed by atoms with Crippen LogP contribution in [-0.2, 0) is 29.7 Å². The first kappa shape index (κ1) is 23.1. The predicted molar refractivity (Wildman–Crippen MR) is 124 cm³/mol. The van der Waals surface area contributed by atoms with Crippen LogP contribution in [0.25, 0.3) is 0 Å². The highest BCUT2D eigenvalue weighted by Gasteiger charge is 2.37. The number of hydrogen-bond donors (Lipinski definition) is 0. The fraction of sp³-hybridized carbons (Fsp3) is 0.538. The van der Waals surface area contributed by atoms with Gasteiger partial charge in [-0.15, -0.1) is 0 Å². The zero-order valence-corrected chi connectivity index (χ0v) is 19.3. The molecule has 0 aliphatic heterocycles. The van der Waals surface area contributed by atoms with E-state index in [0.717, 1.165) is 49.8 Å². The Bertz CT molecular complexity index is 841. The van der Waals surface area contributed by atoms with Gasteiger partial charge in [-0.25, -0.2) is 0 Å². The second-order valence-corrected chi connectivity index (χ2v) is 8.79. The lowest BCUT2D eigenvalue weighted by atomic mass is 9.97. The van der Waals surface area contributed by atoms with Gasteiger partial charge in [0.05, 0.1) is 6.54 Å². The first-order valence-corrected chi connectivity index (χ1v) is 11.8. The molecule has 168 valence electrons. The van der Waals surface area contributed by atoms with Gasteiger partial charge in [-0.2, -0.15) is 0 Å². The van der Waals surface area contributed by atoms with E-state index in [2.05, 4.69) is 13.8 Å². The van der Waals surface area contributed by atoms with Crippen molar-refractivity contribution in [1.82, 2.24) is 14.4 Å². The normalized spacial score (nSPS) is 14.3. The molecule has 3 rings (SSSR count). The molecule has 1 aromatic carbocycles. The third-order valence-electron chi connectivity index (χ3n) is 6.30. The van der Waals surface area contributed by atoms with Crippen molar-refractivity contribution in [3.63, 3.8) is 0 Å². The number of benzene rings is 1. The van der Waals surface area contributed by atoms with Crippen LogP contribution >= 0.6 is 0 Å². The zero-order valence-electron chi connectivity index (χ0n) is 19.3. The molecule has 1 aliphatic carbocycles. The maximum Gasteiger partial charge on any atom is 0.242 e. The SMILES string of the molecule is CCCC[C@H](CC)C(=O)N(CC(=O)N(Cc1ccccc1)Cc1cccn1C)C1CC1. The highest BCUT2D eigenvalue weighted by molar-refractivity contribution is 5.86. The van der Waals surface area contributed by atoms with Crippen molar-refractivity contribution >= 4 is 11.8 Å². The number of nitrogens with zero attached hydrogens (tertiary/aromatic N) is 3. The third kappa shape index (κ3) is 6.46. The lowest BCUT2D eigenvalue weighted by molar-refractivity contribution is -0.144. The molecule has 0 saturated heterocycles. The standard InChI is InChI=1S/C26H37N3O2/c1-4-6-13-22(5-2)26(31)29(23-15-16-23)20-25(30)28(18-21-11-8-7-9-12-21)19-24-14-10-17-27(24)3/h7-12,14,17,22-23H,4-6,13,15-16,18-20H2,1-3H3/t22-/m0/s1. The molecular weight excluding hydrogens is 386 g/mol. The van der Waals surface area contributed by atoms with Crippen LogP contribution in [0.4, 0.5) is 0 Å². The summed E-state index contributed by atoms with van der Waals surface area (Å²) in [4.78, 5) is 30.6. The quantitative estimate of drug-likeness (QED) is 0.494. The van der Waals surface area contributed by atoms with Crippen LogP contribution in [0.2, 0.25) is 0 Å². The minimum atomic E-state index is 0.0237. The summed E-state index contributed by atoms with van der Waals surface area (Å²) in [5.74, 6) is 0.227. The smallest absolute Gasteiger partial charge is 0.242 e. The maximum absolute atomic E-state index is 13.5. The van der Waals surface area contributed by atoms with Crippen molar-refractivity contribution in [2.24, 2.45) is 13.0 Å². The van der Waals surface area contributed by atoms with Gasteiger partial charge in [0.25, 0.3) is 0 Å². The van der Waals surface area contributed by atoms with E-state index in [1.165, 1.54) is 0 Å². The Hall–Kier alpha value is -2.56. The molecule has 1 fully saturated rings. The second-order valence-electron chi connectivity index (χ2n) is 8.79. The molecule has 0 radical (unpaired) electrons. The molecule has 0 spiro atoms. The number of unbranched alkanes of at least 4 members (excludes halogenated alkanes) is 1. The molecule has 1 atom stereocenters. The second kappa shape index (κ2) is 11.2. The summed E-state index contributed by atoms with van der Waals surface area (Å²) in [6.45, 7) is 5.51. The summed E-state index contributed by atoms with van der Waals surface area (Å²) in [5.41, 5.74) is 2.19. The molecular formula is C26H37N3O2. The minimum Gasteiger partial charge on any atom is -0.353 e. The number of carbonyl (C=O) groups excluding carboxylic acids is 2. The Kier molecular flexibility index (Phi) is 8.33. The van der Waals surface area contributed by atoms with Crippen LogP contribution in [0, 0.1) is 5.92 Å². The summed E-state index contributed by atoms with van der Waals surface area (Å²) in [5, 5.41) is 0. The Morgan fingerprint density at radius 2 is 1.81 bits per heavy atom. The van der Waals surface area contributed by atoms with Gasteiger partial charge in [-0.3, -0.25) is 9.59 Å². The van der Waals surface area contributed by atoms with Crippen molar-refractivity contribution in [2.75, 3.05) is 6.54 Å². The lowest BCUT2D eigenvalue weighted by Gasteiger charge is -2.30. The van der Waals surface area contributed by atoms with Gasteiger partial charge in [0.1, 0.15) is 6.54 Å². The van der Waals surface area contributed by atoms with Crippen LogP contribution < -0.4 is 0 Å². The summed E-state index contributed by atoms with van der Waals surface area (Å²) >= 11 is 0. The monoisotopic (exact) mass is 423 g/mol. The van der Waals surface area contributed by atoms with Crippen molar-refractivity contribution in [2.45, 2.75) is 71.5 Å². The van der Waals surface area contributed by atoms with Gasteiger partial charge in [0.15, 0.2) is 0 Å². The molecule has 5 nitrogen and oxygen atoms in total. The minimum absolute atomic E-state index is 0.0237. The molecule has 1 saturated carbocycles. The Morgan fingerprint density at radius 3 is 2.39 bits per heavy atom. The summed E-state index contributed by atoms with van der Waals surface area (Å²) in [6, 6.07) is 14.4. The van der Waals surface area contributed by atoms with Crippen molar-refractivity contribution in [3.8, 4) is 0 Å². The van der Waals surface area contributed by atoms with Gasteiger partial charge in [-0.05, 0) is 43.4 Å². The molecule has 0 bridgehead atoms. The van der Waals surface area contributed by atoms with E-state index in [-0.39, 0.29) is 30.3 Å². The molecule has 0 N–H and O–H groups in total. The van der Waals surface area contributed by atoms with E-state index in [4.69, 9.17) is 0 Å². The molecule has 1 heterocycles. The van der Waals surface area contributed by atoms with Gasteiger partial charge >= 0.3 is 0 Å².